The van der Waals surface area contributed by atoms with E-state index in [1.165, 1.54) is 37.8 Å². The van der Waals surface area contributed by atoms with Crippen molar-refractivity contribution in [1.82, 2.24) is 0 Å². The number of rotatable bonds is 8. The normalized spacial score (nSPS) is 13.6. The van der Waals surface area contributed by atoms with E-state index in [2.05, 4.69) is 140 Å². The van der Waals surface area contributed by atoms with Crippen molar-refractivity contribution in [1.29, 1.82) is 0 Å². The van der Waals surface area contributed by atoms with Crippen LogP contribution in [0.4, 0.5) is 0 Å². The van der Waals surface area contributed by atoms with Crippen LogP contribution in [0.5, 0.6) is 0 Å². The van der Waals surface area contributed by atoms with Gasteiger partial charge in [0.2, 0.25) is 0 Å². The highest BCUT2D eigenvalue weighted by molar-refractivity contribution is 7.07. The molecule has 0 aromatic heterocycles. The first-order chi connectivity index (χ1) is 18.3. The Morgan fingerprint density at radius 2 is 0.865 bits per heavy atom. The standard InChI is InChI=1S/C34H30O2Si/c1-35-25-34(32-23-13-11-21-30(32)31-22-12-14-24-33(31)34)26-36-37(27-15-5-2-6-16-27,28-17-7-3-8-18-28)29-19-9-4-10-20-29/h2-24H,25-26H2,1H3. The van der Waals surface area contributed by atoms with Crippen molar-refractivity contribution in [3.05, 3.63) is 151 Å². The quantitative estimate of drug-likeness (QED) is 0.214. The van der Waals surface area contributed by atoms with Crippen LogP contribution in [0.2, 0.25) is 0 Å². The molecule has 0 bridgehead atoms. The van der Waals surface area contributed by atoms with Crippen LogP contribution >= 0.6 is 0 Å². The van der Waals surface area contributed by atoms with Crippen LogP contribution in [-0.2, 0) is 14.6 Å². The van der Waals surface area contributed by atoms with Gasteiger partial charge in [0.15, 0.2) is 0 Å². The molecule has 0 aliphatic heterocycles. The van der Waals surface area contributed by atoms with E-state index in [1.54, 1.807) is 7.11 Å². The summed E-state index contributed by atoms with van der Waals surface area (Å²) in [6.07, 6.45) is 0. The Balaban J connectivity index is 1.57. The van der Waals surface area contributed by atoms with Gasteiger partial charge < -0.3 is 9.16 Å². The number of hydrogen-bond donors (Lipinski definition) is 0. The number of hydrogen-bond acceptors (Lipinski definition) is 2. The fraction of sp³-hybridized carbons (Fsp3) is 0.118. The summed E-state index contributed by atoms with van der Waals surface area (Å²) in [4.78, 5) is 0. The summed E-state index contributed by atoms with van der Waals surface area (Å²) in [5.41, 5.74) is 4.68. The lowest BCUT2D eigenvalue weighted by Crippen LogP contribution is -2.70. The zero-order chi connectivity index (χ0) is 25.1. The van der Waals surface area contributed by atoms with E-state index in [0.717, 1.165) is 0 Å². The molecule has 0 amide bonds. The maximum atomic E-state index is 7.50. The number of methoxy groups -OCH3 is 1. The fourth-order valence-electron chi connectivity index (χ4n) is 6.01. The molecule has 2 nitrogen and oxygen atoms in total. The van der Waals surface area contributed by atoms with Gasteiger partial charge in [-0.25, -0.2) is 0 Å². The predicted molar refractivity (Wildman–Crippen MR) is 154 cm³/mol. The van der Waals surface area contributed by atoms with Gasteiger partial charge in [-0.15, -0.1) is 0 Å². The lowest BCUT2D eigenvalue weighted by atomic mass is 9.80. The Morgan fingerprint density at radius 1 is 0.486 bits per heavy atom. The average Bonchev–Trinajstić information content (AvgIpc) is 3.25. The molecule has 37 heavy (non-hydrogen) atoms. The van der Waals surface area contributed by atoms with Crippen molar-refractivity contribution in [2.24, 2.45) is 0 Å². The molecule has 6 rings (SSSR count). The minimum absolute atomic E-state index is 0.404. The van der Waals surface area contributed by atoms with Crippen LogP contribution in [0.15, 0.2) is 140 Å². The van der Waals surface area contributed by atoms with Gasteiger partial charge in [0.05, 0.1) is 18.6 Å². The van der Waals surface area contributed by atoms with Gasteiger partial charge in [0.25, 0.3) is 8.32 Å². The molecule has 0 saturated heterocycles. The Bertz CT molecular complexity index is 1340. The van der Waals surface area contributed by atoms with E-state index < -0.39 is 13.7 Å². The summed E-state index contributed by atoms with van der Waals surface area (Å²) in [6.45, 7) is 1.06. The SMILES string of the molecule is COCC1(CO[Si](c2ccccc2)(c2ccccc2)c2ccccc2)c2ccccc2-c2ccccc21. The molecule has 3 heteroatoms. The molecule has 182 valence electrons. The molecule has 0 unspecified atom stereocenters. The van der Waals surface area contributed by atoms with E-state index in [9.17, 15) is 0 Å². The smallest absolute Gasteiger partial charge is 0.288 e. The molecule has 0 spiro atoms. The van der Waals surface area contributed by atoms with Gasteiger partial charge in [0, 0.05) is 7.11 Å². The van der Waals surface area contributed by atoms with E-state index in [-0.39, 0.29) is 0 Å². The van der Waals surface area contributed by atoms with Crippen molar-refractivity contribution in [2.75, 3.05) is 20.3 Å². The van der Waals surface area contributed by atoms with Gasteiger partial charge >= 0.3 is 0 Å². The van der Waals surface area contributed by atoms with Crippen LogP contribution in [0.25, 0.3) is 11.1 Å². The highest BCUT2D eigenvalue weighted by atomic mass is 28.4. The molecule has 1 aliphatic carbocycles. The van der Waals surface area contributed by atoms with E-state index in [4.69, 9.17) is 9.16 Å². The van der Waals surface area contributed by atoms with E-state index in [1.807, 2.05) is 0 Å². The highest BCUT2D eigenvalue weighted by Gasteiger charge is 2.48. The summed E-state index contributed by atoms with van der Waals surface area (Å²) in [7, 11) is -1.07. The topological polar surface area (TPSA) is 18.5 Å². The molecule has 0 N–H and O–H groups in total. The third kappa shape index (κ3) is 3.87. The molecule has 0 radical (unpaired) electrons. The monoisotopic (exact) mass is 498 g/mol. The van der Waals surface area contributed by atoms with Gasteiger partial charge in [-0.3, -0.25) is 0 Å². The van der Waals surface area contributed by atoms with Crippen LogP contribution in [0.3, 0.4) is 0 Å². The van der Waals surface area contributed by atoms with Crippen molar-refractivity contribution in [3.8, 4) is 11.1 Å². The second-order valence-electron chi connectivity index (χ2n) is 9.67. The molecular formula is C34H30O2Si. The maximum Gasteiger partial charge on any atom is 0.288 e. The molecule has 0 fully saturated rings. The average molecular weight is 499 g/mol. The van der Waals surface area contributed by atoms with E-state index >= 15 is 0 Å². The zero-order valence-corrected chi connectivity index (χ0v) is 22.0. The summed E-state index contributed by atoms with van der Waals surface area (Å²) in [6, 6.07) is 49.8. The van der Waals surface area contributed by atoms with E-state index in [0.29, 0.717) is 13.2 Å². The van der Waals surface area contributed by atoms with Gasteiger partial charge in [-0.1, -0.05) is 140 Å². The lowest BCUT2D eigenvalue weighted by Gasteiger charge is -2.38. The third-order valence-corrected chi connectivity index (χ3v) is 11.7. The number of fused-ring (bicyclic) bond motifs is 3. The first-order valence-electron chi connectivity index (χ1n) is 12.8. The summed E-state index contributed by atoms with van der Waals surface area (Å²) in [5, 5.41) is 3.71. The minimum atomic E-state index is -2.87. The Kier molecular flexibility index (Phi) is 6.35. The molecule has 5 aromatic rings. The van der Waals surface area contributed by atoms with Crippen molar-refractivity contribution in [2.45, 2.75) is 5.41 Å². The van der Waals surface area contributed by atoms with Crippen molar-refractivity contribution >= 4 is 23.9 Å². The van der Waals surface area contributed by atoms with Crippen LogP contribution in [0.1, 0.15) is 11.1 Å². The van der Waals surface area contributed by atoms with Gasteiger partial charge in [-0.2, -0.15) is 0 Å². The largest absolute Gasteiger partial charge is 0.403 e. The Labute approximate surface area is 220 Å². The highest BCUT2D eigenvalue weighted by Crippen LogP contribution is 2.49. The lowest BCUT2D eigenvalue weighted by molar-refractivity contribution is 0.114. The zero-order valence-electron chi connectivity index (χ0n) is 21.0. The molecular weight excluding hydrogens is 468 g/mol. The Hall–Kier alpha value is -3.76. The molecule has 5 aromatic carbocycles. The molecule has 0 heterocycles. The predicted octanol–water partition coefficient (Wildman–Crippen LogP) is 5.28. The maximum absolute atomic E-state index is 7.50. The van der Waals surface area contributed by atoms with Crippen molar-refractivity contribution in [3.63, 3.8) is 0 Å². The molecule has 0 saturated carbocycles. The second-order valence-corrected chi connectivity index (χ2v) is 13.1. The molecule has 1 aliphatic rings. The summed E-state index contributed by atoms with van der Waals surface area (Å²) < 4.78 is 13.5. The second kappa shape index (κ2) is 9.95. The van der Waals surface area contributed by atoms with Crippen LogP contribution in [0, 0.1) is 0 Å². The Morgan fingerprint density at radius 3 is 1.27 bits per heavy atom. The van der Waals surface area contributed by atoms with Crippen LogP contribution < -0.4 is 15.6 Å². The number of ether oxygens (including phenoxy) is 1. The summed E-state index contributed by atoms with van der Waals surface area (Å²) in [5.74, 6) is 0. The first kappa shape index (κ1) is 23.6. The van der Waals surface area contributed by atoms with Gasteiger partial charge in [0.1, 0.15) is 0 Å². The summed E-state index contributed by atoms with van der Waals surface area (Å²) >= 11 is 0. The first-order valence-corrected chi connectivity index (χ1v) is 14.7. The van der Waals surface area contributed by atoms with Crippen molar-refractivity contribution < 1.29 is 9.16 Å². The fourth-order valence-corrected chi connectivity index (χ4v) is 9.96. The van der Waals surface area contributed by atoms with Crippen LogP contribution in [-0.4, -0.2) is 28.6 Å². The minimum Gasteiger partial charge on any atom is -0.403 e. The van der Waals surface area contributed by atoms with Gasteiger partial charge in [-0.05, 0) is 37.8 Å². The number of benzene rings is 5. The third-order valence-electron chi connectivity index (χ3n) is 7.64. The molecule has 0 atom stereocenters.